The lowest BCUT2D eigenvalue weighted by Crippen LogP contribution is -2.34. The van der Waals surface area contributed by atoms with E-state index in [9.17, 15) is 4.79 Å². The van der Waals surface area contributed by atoms with Crippen molar-refractivity contribution in [2.45, 2.75) is 53.1 Å². The van der Waals surface area contributed by atoms with Crippen LogP contribution in [0.2, 0.25) is 0 Å². The molecule has 1 rings (SSSR count). The second-order valence-electron chi connectivity index (χ2n) is 5.50. The molecule has 0 aromatic heterocycles. The summed E-state index contributed by atoms with van der Waals surface area (Å²) >= 11 is 0. The molecule has 0 bridgehead atoms. The second-order valence-corrected chi connectivity index (χ2v) is 5.50. The van der Waals surface area contributed by atoms with Crippen LogP contribution in [0.4, 0.5) is 0 Å². The Morgan fingerprint density at radius 3 is 2.50 bits per heavy atom. The molecule has 0 heterocycles. The van der Waals surface area contributed by atoms with Crippen molar-refractivity contribution in [1.82, 2.24) is 0 Å². The van der Waals surface area contributed by atoms with Gasteiger partial charge in [0.15, 0.2) is 0 Å². The Balaban J connectivity index is 2.64. The van der Waals surface area contributed by atoms with Crippen LogP contribution >= 0.6 is 0 Å². The molecule has 3 unspecified atom stereocenters. The van der Waals surface area contributed by atoms with Gasteiger partial charge in [0.05, 0.1) is 5.92 Å². The monoisotopic (exact) mass is 224 g/mol. The van der Waals surface area contributed by atoms with Crippen molar-refractivity contribution >= 4 is 5.97 Å². The number of hydrogen-bond acceptors (Lipinski definition) is 2. The summed E-state index contributed by atoms with van der Waals surface area (Å²) < 4.78 is 5.60. The van der Waals surface area contributed by atoms with E-state index in [0.29, 0.717) is 11.8 Å². The summed E-state index contributed by atoms with van der Waals surface area (Å²) in [6, 6.07) is 0. The normalized spacial score (nSPS) is 30.2. The predicted molar refractivity (Wildman–Crippen MR) is 66.0 cm³/mol. The van der Waals surface area contributed by atoms with Gasteiger partial charge in [-0.1, -0.05) is 32.9 Å². The Morgan fingerprint density at radius 1 is 1.38 bits per heavy atom. The largest absolute Gasteiger partial charge is 0.462 e. The van der Waals surface area contributed by atoms with Crippen molar-refractivity contribution < 1.29 is 9.53 Å². The lowest BCUT2D eigenvalue weighted by Gasteiger charge is -2.35. The summed E-state index contributed by atoms with van der Waals surface area (Å²) in [6.45, 7) is 12.0. The number of carbonyl (C=O) groups excluding carboxylic acids is 1. The lowest BCUT2D eigenvalue weighted by atomic mass is 9.77. The van der Waals surface area contributed by atoms with Crippen LogP contribution in [0, 0.1) is 17.8 Å². The minimum atomic E-state index is -0.0784. The summed E-state index contributed by atoms with van der Waals surface area (Å²) in [5.41, 5.74) is 1.15. The molecule has 1 fully saturated rings. The maximum Gasteiger partial charge on any atom is 0.308 e. The third-order valence-electron chi connectivity index (χ3n) is 3.43. The third kappa shape index (κ3) is 3.36. The van der Waals surface area contributed by atoms with Crippen LogP contribution in [-0.4, -0.2) is 12.1 Å². The van der Waals surface area contributed by atoms with E-state index in [4.69, 9.17) is 4.74 Å². The fourth-order valence-corrected chi connectivity index (χ4v) is 2.31. The van der Waals surface area contributed by atoms with Gasteiger partial charge in [-0.2, -0.15) is 0 Å². The average molecular weight is 224 g/mol. The van der Waals surface area contributed by atoms with E-state index < -0.39 is 0 Å². The van der Waals surface area contributed by atoms with Gasteiger partial charge in [0.2, 0.25) is 0 Å². The molecule has 3 atom stereocenters. The molecule has 0 aliphatic heterocycles. The first-order valence-electron chi connectivity index (χ1n) is 6.27. The Bertz CT molecular complexity index is 268. The highest BCUT2D eigenvalue weighted by atomic mass is 16.5. The topological polar surface area (TPSA) is 26.3 Å². The molecule has 1 aliphatic rings. The first kappa shape index (κ1) is 13.3. The zero-order chi connectivity index (χ0) is 12.3. The molecule has 0 radical (unpaired) electrons. The number of hydrogen-bond donors (Lipinski definition) is 0. The molecule has 0 N–H and O–H groups in total. The molecule has 16 heavy (non-hydrogen) atoms. The van der Waals surface area contributed by atoms with E-state index in [0.717, 1.165) is 18.4 Å². The van der Waals surface area contributed by atoms with Gasteiger partial charge in [-0.25, -0.2) is 0 Å². The Labute approximate surface area is 99.1 Å². The van der Waals surface area contributed by atoms with E-state index in [1.54, 1.807) is 0 Å². The molecule has 1 saturated carbocycles. The molecule has 0 spiro atoms. The second kappa shape index (κ2) is 5.51. The first-order valence-corrected chi connectivity index (χ1v) is 6.27. The van der Waals surface area contributed by atoms with Crippen LogP contribution in [0.25, 0.3) is 0 Å². The molecular formula is C14H24O2. The lowest BCUT2D eigenvalue weighted by molar-refractivity contribution is -0.157. The minimum absolute atomic E-state index is 0.0389. The van der Waals surface area contributed by atoms with Gasteiger partial charge in [0.1, 0.15) is 6.10 Å². The molecule has 92 valence electrons. The van der Waals surface area contributed by atoms with Crippen molar-refractivity contribution in [2.24, 2.45) is 17.8 Å². The van der Waals surface area contributed by atoms with Crippen molar-refractivity contribution in [2.75, 3.05) is 0 Å². The minimum Gasteiger partial charge on any atom is -0.462 e. The molecule has 0 saturated heterocycles. The van der Waals surface area contributed by atoms with Crippen molar-refractivity contribution in [3.8, 4) is 0 Å². The zero-order valence-electron chi connectivity index (χ0n) is 11.0. The number of carbonyl (C=O) groups is 1. The first-order chi connectivity index (χ1) is 7.41. The van der Waals surface area contributed by atoms with Gasteiger partial charge >= 0.3 is 5.97 Å². The zero-order valence-corrected chi connectivity index (χ0v) is 11.0. The molecule has 0 aromatic rings. The smallest absolute Gasteiger partial charge is 0.308 e. The molecule has 2 heteroatoms. The van der Waals surface area contributed by atoms with Gasteiger partial charge in [0, 0.05) is 5.92 Å². The summed E-state index contributed by atoms with van der Waals surface area (Å²) in [4.78, 5) is 11.6. The highest BCUT2D eigenvalue weighted by Crippen LogP contribution is 2.34. The van der Waals surface area contributed by atoms with Gasteiger partial charge < -0.3 is 4.74 Å². The average Bonchev–Trinajstić information content (AvgIpc) is 2.16. The summed E-state index contributed by atoms with van der Waals surface area (Å²) in [7, 11) is 0. The van der Waals surface area contributed by atoms with Crippen molar-refractivity contribution in [3.63, 3.8) is 0 Å². The third-order valence-corrected chi connectivity index (χ3v) is 3.43. The molecule has 0 amide bonds. The van der Waals surface area contributed by atoms with E-state index in [1.165, 1.54) is 6.42 Å². The molecular weight excluding hydrogens is 200 g/mol. The van der Waals surface area contributed by atoms with E-state index >= 15 is 0 Å². The SMILES string of the molecule is C=C(C)C1CCC(C)CC1OC(=O)C(C)C. The maximum absolute atomic E-state index is 11.6. The van der Waals surface area contributed by atoms with E-state index in [2.05, 4.69) is 13.5 Å². The maximum atomic E-state index is 11.6. The van der Waals surface area contributed by atoms with Gasteiger partial charge in [-0.15, -0.1) is 0 Å². The number of ether oxygens (including phenoxy) is 1. The van der Waals surface area contributed by atoms with Crippen LogP contribution in [-0.2, 0) is 9.53 Å². The highest BCUT2D eigenvalue weighted by molar-refractivity contribution is 5.71. The van der Waals surface area contributed by atoms with Gasteiger partial charge in [-0.05, 0) is 32.1 Å². The number of esters is 1. The predicted octanol–water partition coefficient (Wildman–Crippen LogP) is 3.57. The summed E-state index contributed by atoms with van der Waals surface area (Å²) in [6.07, 6.45) is 3.35. The Morgan fingerprint density at radius 2 is 2.00 bits per heavy atom. The Hall–Kier alpha value is -0.790. The van der Waals surface area contributed by atoms with Crippen LogP contribution in [0.1, 0.15) is 47.0 Å². The van der Waals surface area contributed by atoms with Crippen molar-refractivity contribution in [3.05, 3.63) is 12.2 Å². The van der Waals surface area contributed by atoms with Crippen LogP contribution in [0.15, 0.2) is 12.2 Å². The fraction of sp³-hybridized carbons (Fsp3) is 0.786. The fourth-order valence-electron chi connectivity index (χ4n) is 2.31. The molecule has 2 nitrogen and oxygen atoms in total. The molecule has 0 aromatic carbocycles. The van der Waals surface area contributed by atoms with E-state index in [-0.39, 0.29) is 18.0 Å². The van der Waals surface area contributed by atoms with Crippen LogP contribution < -0.4 is 0 Å². The highest BCUT2D eigenvalue weighted by Gasteiger charge is 2.32. The van der Waals surface area contributed by atoms with E-state index in [1.807, 2.05) is 20.8 Å². The quantitative estimate of drug-likeness (QED) is 0.541. The Kier molecular flexibility index (Phi) is 4.57. The summed E-state index contributed by atoms with van der Waals surface area (Å²) in [5, 5.41) is 0. The van der Waals surface area contributed by atoms with Crippen LogP contribution in [0.5, 0.6) is 0 Å². The number of rotatable bonds is 3. The standard InChI is InChI=1S/C14H24O2/c1-9(2)12-7-6-11(5)8-13(12)16-14(15)10(3)4/h10-13H,1,6-8H2,2-5H3. The molecule has 1 aliphatic carbocycles. The van der Waals surface area contributed by atoms with Crippen molar-refractivity contribution in [1.29, 1.82) is 0 Å². The van der Waals surface area contributed by atoms with Gasteiger partial charge in [-0.3, -0.25) is 4.79 Å². The van der Waals surface area contributed by atoms with Crippen LogP contribution in [0.3, 0.4) is 0 Å². The van der Waals surface area contributed by atoms with Gasteiger partial charge in [0.25, 0.3) is 0 Å². The summed E-state index contributed by atoms with van der Waals surface area (Å²) in [5.74, 6) is 0.896.